The minimum atomic E-state index is -1.67. The molecule has 4 atom stereocenters. The van der Waals surface area contributed by atoms with E-state index in [4.69, 9.17) is 4.74 Å². The Kier molecular flexibility index (Phi) is 10.9. The summed E-state index contributed by atoms with van der Waals surface area (Å²) in [5.74, 6) is -3.78. The number of rotatable bonds is 12. The fourth-order valence-corrected chi connectivity index (χ4v) is 6.19. The number of ketones is 1. The Balaban J connectivity index is 1.54. The fraction of sp³-hybridized carbons (Fsp3) is 0.281. The molecule has 43 heavy (non-hydrogen) atoms. The molecule has 0 spiro atoms. The number of amides is 3. The van der Waals surface area contributed by atoms with Crippen molar-refractivity contribution in [3.05, 3.63) is 108 Å². The van der Waals surface area contributed by atoms with Crippen molar-refractivity contribution in [3.8, 4) is 0 Å². The van der Waals surface area contributed by atoms with Crippen LogP contribution < -0.4 is 10.6 Å². The van der Waals surface area contributed by atoms with Crippen LogP contribution in [-0.4, -0.2) is 63.5 Å². The maximum atomic E-state index is 14.0. The first-order valence-corrected chi connectivity index (χ1v) is 14.9. The average Bonchev–Trinajstić information content (AvgIpc) is 3.48. The van der Waals surface area contributed by atoms with Crippen LogP contribution in [0.25, 0.3) is 0 Å². The van der Waals surface area contributed by atoms with E-state index in [0.717, 1.165) is 11.1 Å². The Morgan fingerprint density at radius 2 is 1.44 bits per heavy atom. The van der Waals surface area contributed by atoms with Crippen molar-refractivity contribution in [3.63, 3.8) is 0 Å². The number of Topliss-reactive ketones (excluding diaryl/α,β-unsaturated/α-hetero) is 1. The van der Waals surface area contributed by atoms with Crippen LogP contribution in [0.1, 0.15) is 35.4 Å². The molecule has 1 aliphatic heterocycles. The summed E-state index contributed by atoms with van der Waals surface area (Å²) in [6.07, 6.45) is -0.576. The van der Waals surface area contributed by atoms with Gasteiger partial charge in [0.2, 0.25) is 11.8 Å². The molecule has 11 heteroatoms. The van der Waals surface area contributed by atoms with Crippen LogP contribution in [0.2, 0.25) is 0 Å². The largest absolute Gasteiger partial charge is 0.475 e. The van der Waals surface area contributed by atoms with Crippen molar-refractivity contribution in [1.29, 1.82) is 0 Å². The van der Waals surface area contributed by atoms with Crippen LogP contribution in [0.4, 0.5) is 4.79 Å². The molecule has 3 aromatic carbocycles. The second-order valence-electron chi connectivity index (χ2n) is 9.94. The molecule has 3 N–H and O–H groups in total. The van der Waals surface area contributed by atoms with Gasteiger partial charge in [-0.2, -0.15) is 0 Å². The first kappa shape index (κ1) is 31.3. The predicted octanol–water partition coefficient (Wildman–Crippen LogP) is 3.72. The third-order valence-electron chi connectivity index (χ3n) is 6.98. The van der Waals surface area contributed by atoms with Gasteiger partial charge in [0.05, 0.1) is 0 Å². The van der Waals surface area contributed by atoms with Gasteiger partial charge in [0.15, 0.2) is 0 Å². The Morgan fingerprint density at radius 1 is 0.860 bits per heavy atom. The van der Waals surface area contributed by atoms with Crippen molar-refractivity contribution in [1.82, 2.24) is 15.5 Å². The zero-order valence-corrected chi connectivity index (χ0v) is 24.4. The third-order valence-corrected chi connectivity index (χ3v) is 8.30. The Morgan fingerprint density at radius 3 is 2.02 bits per heavy atom. The molecule has 4 rings (SSSR count). The zero-order chi connectivity index (χ0) is 30.8. The van der Waals surface area contributed by atoms with Gasteiger partial charge in [-0.3, -0.25) is 14.4 Å². The number of aliphatic carboxylic acids is 1. The quantitative estimate of drug-likeness (QED) is 0.266. The smallest absolute Gasteiger partial charge is 0.408 e. The number of hydrogen-bond acceptors (Lipinski definition) is 7. The first-order chi connectivity index (χ1) is 20.8. The fourth-order valence-electron chi connectivity index (χ4n) is 4.75. The summed E-state index contributed by atoms with van der Waals surface area (Å²) < 4.78 is 5.32. The Hall–Kier alpha value is -4.64. The molecular weight excluding hydrogens is 570 g/mol. The van der Waals surface area contributed by atoms with E-state index in [0.29, 0.717) is 5.56 Å². The molecule has 0 radical (unpaired) electrons. The molecule has 1 aliphatic rings. The molecule has 10 nitrogen and oxygen atoms in total. The van der Waals surface area contributed by atoms with Crippen LogP contribution in [0.15, 0.2) is 91.0 Å². The molecule has 0 aromatic heterocycles. The number of nitrogens with one attached hydrogen (secondary N) is 2. The van der Waals surface area contributed by atoms with Gasteiger partial charge in [-0.15, -0.1) is 11.8 Å². The number of carbonyl (C=O) groups is 5. The molecule has 3 aromatic rings. The van der Waals surface area contributed by atoms with Gasteiger partial charge in [0.1, 0.15) is 30.1 Å². The lowest BCUT2D eigenvalue weighted by atomic mass is 10.0. The summed E-state index contributed by atoms with van der Waals surface area (Å²) in [5.41, 5.74) is 2.23. The van der Waals surface area contributed by atoms with Gasteiger partial charge in [-0.1, -0.05) is 97.9 Å². The SMILES string of the molecule is CC[C@H](NC(=O)OCc1ccccc1)C(=O)N1C(c2ccccc2)SC[C@H]1C(=O)N[C@@H](Cc1ccccc1)C(=O)C(=O)O. The normalized spacial score (nSPS) is 17.4. The van der Waals surface area contributed by atoms with Crippen LogP contribution in [0, 0.1) is 0 Å². The number of ether oxygens (including phenoxy) is 1. The molecule has 1 unspecified atom stereocenters. The summed E-state index contributed by atoms with van der Waals surface area (Å²) in [6, 6.07) is 23.7. The second kappa shape index (κ2) is 15.0. The molecule has 0 aliphatic carbocycles. The highest BCUT2D eigenvalue weighted by Gasteiger charge is 2.45. The topological polar surface area (TPSA) is 142 Å². The summed E-state index contributed by atoms with van der Waals surface area (Å²) in [6.45, 7) is 1.76. The molecule has 1 fully saturated rings. The summed E-state index contributed by atoms with van der Waals surface area (Å²) in [5, 5.41) is 14.1. The monoisotopic (exact) mass is 603 g/mol. The maximum Gasteiger partial charge on any atom is 0.408 e. The van der Waals surface area contributed by atoms with E-state index in [1.54, 1.807) is 37.3 Å². The lowest BCUT2D eigenvalue weighted by Gasteiger charge is -2.32. The number of benzene rings is 3. The minimum absolute atomic E-state index is 0.0228. The van der Waals surface area contributed by atoms with E-state index in [-0.39, 0.29) is 25.2 Å². The molecular formula is C32H33N3O7S. The van der Waals surface area contributed by atoms with E-state index in [1.807, 2.05) is 60.7 Å². The predicted molar refractivity (Wildman–Crippen MR) is 161 cm³/mol. The van der Waals surface area contributed by atoms with Gasteiger partial charge in [-0.25, -0.2) is 9.59 Å². The second-order valence-corrected chi connectivity index (χ2v) is 11.1. The van der Waals surface area contributed by atoms with Gasteiger partial charge in [0.25, 0.3) is 5.78 Å². The average molecular weight is 604 g/mol. The molecule has 224 valence electrons. The van der Waals surface area contributed by atoms with E-state index in [1.165, 1.54) is 16.7 Å². The van der Waals surface area contributed by atoms with Crippen LogP contribution in [0.5, 0.6) is 0 Å². The number of thioether (sulfide) groups is 1. The van der Waals surface area contributed by atoms with Crippen molar-refractivity contribution in [2.75, 3.05) is 5.75 Å². The molecule has 0 saturated carbocycles. The van der Waals surface area contributed by atoms with Crippen LogP contribution in [-0.2, 0) is 36.9 Å². The zero-order valence-electron chi connectivity index (χ0n) is 23.6. The van der Waals surface area contributed by atoms with Gasteiger partial charge in [-0.05, 0) is 23.1 Å². The maximum absolute atomic E-state index is 14.0. The highest BCUT2D eigenvalue weighted by molar-refractivity contribution is 7.99. The van der Waals surface area contributed by atoms with E-state index in [2.05, 4.69) is 10.6 Å². The Bertz CT molecular complexity index is 1420. The van der Waals surface area contributed by atoms with Crippen LogP contribution in [0.3, 0.4) is 0 Å². The number of carboxylic acids is 1. The van der Waals surface area contributed by atoms with E-state index >= 15 is 0 Å². The van der Waals surface area contributed by atoms with E-state index < -0.39 is 53.2 Å². The van der Waals surface area contributed by atoms with Gasteiger partial charge in [0, 0.05) is 12.2 Å². The number of carbonyl (C=O) groups excluding carboxylic acids is 4. The number of carboxylic acid groups (broad SMARTS) is 1. The highest BCUT2D eigenvalue weighted by atomic mass is 32.2. The summed E-state index contributed by atoms with van der Waals surface area (Å²) in [7, 11) is 0. The number of alkyl carbamates (subject to hydrolysis) is 1. The number of hydrogen-bond donors (Lipinski definition) is 3. The minimum Gasteiger partial charge on any atom is -0.475 e. The molecule has 1 heterocycles. The molecule has 0 bridgehead atoms. The number of nitrogens with zero attached hydrogens (tertiary/aromatic N) is 1. The van der Waals surface area contributed by atoms with Crippen molar-refractivity contribution < 1.29 is 33.8 Å². The highest BCUT2D eigenvalue weighted by Crippen LogP contribution is 2.42. The van der Waals surface area contributed by atoms with Crippen molar-refractivity contribution in [2.24, 2.45) is 0 Å². The van der Waals surface area contributed by atoms with Gasteiger partial charge >= 0.3 is 12.1 Å². The standard InChI is InChI=1S/C32H33N3O7S/c1-2-24(34-32(41)42-19-22-14-8-4-9-15-22)29(38)35-26(20-43-30(35)23-16-10-5-11-17-23)28(37)33-25(27(36)31(39)40)18-21-12-6-3-7-13-21/h3-17,24-26,30H,2,18-20H2,1H3,(H,33,37)(H,34,41)(H,39,40)/t24-,25-,26-,30?/m0/s1. The summed E-state index contributed by atoms with van der Waals surface area (Å²) in [4.78, 5) is 65.9. The van der Waals surface area contributed by atoms with Gasteiger partial charge < -0.3 is 25.4 Å². The third kappa shape index (κ3) is 8.23. The van der Waals surface area contributed by atoms with E-state index in [9.17, 15) is 29.1 Å². The van der Waals surface area contributed by atoms with Crippen molar-refractivity contribution in [2.45, 2.75) is 49.9 Å². The summed E-state index contributed by atoms with van der Waals surface area (Å²) >= 11 is 1.37. The lowest BCUT2D eigenvalue weighted by molar-refractivity contribution is -0.151. The molecule has 3 amide bonds. The first-order valence-electron chi connectivity index (χ1n) is 13.9. The van der Waals surface area contributed by atoms with Crippen LogP contribution >= 0.6 is 11.8 Å². The Labute approximate surface area is 253 Å². The van der Waals surface area contributed by atoms with Crippen molar-refractivity contribution >= 4 is 41.4 Å². The molecule has 1 saturated heterocycles. The lowest BCUT2D eigenvalue weighted by Crippen LogP contribution is -2.57.